The number of hydrogen-bond acceptors (Lipinski definition) is 3. The molecule has 3 aromatic rings. The zero-order valence-electron chi connectivity index (χ0n) is 12.6. The third-order valence-corrected chi connectivity index (χ3v) is 3.37. The molecule has 0 spiro atoms. The number of nitrogens with zero attached hydrogens (tertiary/aromatic N) is 1. The van der Waals surface area contributed by atoms with Crippen molar-refractivity contribution in [1.82, 2.24) is 4.98 Å². The molecule has 0 bridgehead atoms. The highest BCUT2D eigenvalue weighted by Gasteiger charge is 2.12. The van der Waals surface area contributed by atoms with Gasteiger partial charge in [0.2, 0.25) is 5.91 Å². The number of carbonyl (C=O) groups is 1. The van der Waals surface area contributed by atoms with E-state index in [0.717, 1.165) is 0 Å². The van der Waals surface area contributed by atoms with Gasteiger partial charge in [0.1, 0.15) is 11.6 Å². The minimum Gasteiger partial charge on any atom is -0.441 e. The Hall–Kier alpha value is -3.02. The molecule has 1 aromatic heterocycles. The van der Waals surface area contributed by atoms with Gasteiger partial charge >= 0.3 is 0 Å². The van der Waals surface area contributed by atoms with E-state index < -0.39 is 11.6 Å². The fourth-order valence-corrected chi connectivity index (χ4v) is 2.22. The predicted molar refractivity (Wildman–Crippen MR) is 85.2 cm³/mol. The largest absolute Gasteiger partial charge is 0.441 e. The van der Waals surface area contributed by atoms with Crippen molar-refractivity contribution in [1.29, 1.82) is 0 Å². The second-order valence-electron chi connectivity index (χ2n) is 5.16. The Labute approximate surface area is 137 Å². The molecule has 1 amide bonds. The smallest absolute Gasteiger partial charge is 0.224 e. The Morgan fingerprint density at radius 3 is 2.75 bits per heavy atom. The standard InChI is InChI=1S/C18H14F2N2O2/c19-12-4-3-5-13(10-12)22-17(23)8-9-18-21-11-16(24-18)14-6-1-2-7-15(14)20/h1-7,10-11H,8-9H2,(H,22,23). The lowest BCUT2D eigenvalue weighted by molar-refractivity contribution is -0.116. The van der Waals surface area contributed by atoms with Crippen LogP contribution in [0.3, 0.4) is 0 Å². The number of benzene rings is 2. The topological polar surface area (TPSA) is 55.1 Å². The maximum Gasteiger partial charge on any atom is 0.224 e. The summed E-state index contributed by atoms with van der Waals surface area (Å²) < 4.78 is 32.2. The van der Waals surface area contributed by atoms with E-state index in [2.05, 4.69) is 10.3 Å². The van der Waals surface area contributed by atoms with Crippen LogP contribution in [0.5, 0.6) is 0 Å². The van der Waals surface area contributed by atoms with E-state index >= 15 is 0 Å². The Balaban J connectivity index is 1.59. The van der Waals surface area contributed by atoms with Gasteiger partial charge in [0, 0.05) is 18.5 Å². The maximum absolute atomic E-state index is 13.7. The number of aromatic nitrogens is 1. The number of hydrogen-bond donors (Lipinski definition) is 1. The van der Waals surface area contributed by atoms with Gasteiger partial charge in [0.25, 0.3) is 0 Å². The fraction of sp³-hybridized carbons (Fsp3) is 0.111. The summed E-state index contributed by atoms with van der Waals surface area (Å²) in [6.07, 6.45) is 1.81. The van der Waals surface area contributed by atoms with Crippen molar-refractivity contribution in [3.63, 3.8) is 0 Å². The SMILES string of the molecule is O=C(CCc1ncc(-c2ccccc2F)o1)Nc1cccc(F)c1. The summed E-state index contributed by atoms with van der Waals surface area (Å²) >= 11 is 0. The van der Waals surface area contributed by atoms with Crippen molar-refractivity contribution in [3.8, 4) is 11.3 Å². The molecule has 0 saturated carbocycles. The number of amides is 1. The fourth-order valence-electron chi connectivity index (χ4n) is 2.22. The average molecular weight is 328 g/mol. The van der Waals surface area contributed by atoms with Crippen molar-refractivity contribution >= 4 is 11.6 Å². The molecule has 0 saturated heterocycles. The minimum absolute atomic E-state index is 0.119. The molecule has 0 atom stereocenters. The molecule has 2 aromatic carbocycles. The van der Waals surface area contributed by atoms with Crippen LogP contribution in [0.4, 0.5) is 14.5 Å². The second-order valence-corrected chi connectivity index (χ2v) is 5.16. The van der Waals surface area contributed by atoms with Crippen LogP contribution in [-0.2, 0) is 11.2 Å². The van der Waals surface area contributed by atoms with Gasteiger partial charge < -0.3 is 9.73 Å². The van der Waals surface area contributed by atoms with E-state index in [0.29, 0.717) is 22.9 Å². The summed E-state index contributed by atoms with van der Waals surface area (Å²) in [6.45, 7) is 0. The van der Waals surface area contributed by atoms with Crippen LogP contribution >= 0.6 is 0 Å². The van der Waals surface area contributed by atoms with Crippen molar-refractivity contribution in [3.05, 3.63) is 72.3 Å². The van der Waals surface area contributed by atoms with Gasteiger partial charge in [-0.05, 0) is 30.3 Å². The first-order chi connectivity index (χ1) is 11.6. The van der Waals surface area contributed by atoms with Crippen molar-refractivity contribution in [2.24, 2.45) is 0 Å². The Kier molecular flexibility index (Phi) is 4.65. The van der Waals surface area contributed by atoms with E-state index in [1.54, 1.807) is 24.3 Å². The summed E-state index contributed by atoms with van der Waals surface area (Å²) in [5.74, 6) is -0.457. The summed E-state index contributed by atoms with van der Waals surface area (Å²) in [5.41, 5.74) is 0.708. The molecule has 0 aliphatic carbocycles. The van der Waals surface area contributed by atoms with Gasteiger partial charge in [-0.1, -0.05) is 18.2 Å². The molecule has 24 heavy (non-hydrogen) atoms. The minimum atomic E-state index is -0.421. The highest BCUT2D eigenvalue weighted by Crippen LogP contribution is 2.23. The van der Waals surface area contributed by atoms with E-state index in [1.165, 1.54) is 30.5 Å². The Bertz CT molecular complexity index is 861. The molecule has 0 fully saturated rings. The van der Waals surface area contributed by atoms with Gasteiger partial charge in [0.15, 0.2) is 11.7 Å². The van der Waals surface area contributed by atoms with Crippen molar-refractivity contribution in [2.75, 3.05) is 5.32 Å². The molecule has 4 nitrogen and oxygen atoms in total. The van der Waals surface area contributed by atoms with Crippen LogP contribution in [0.1, 0.15) is 12.3 Å². The third kappa shape index (κ3) is 3.84. The molecular weight excluding hydrogens is 314 g/mol. The van der Waals surface area contributed by atoms with Crippen molar-refractivity contribution in [2.45, 2.75) is 12.8 Å². The van der Waals surface area contributed by atoms with E-state index in [9.17, 15) is 13.6 Å². The number of aryl methyl sites for hydroxylation is 1. The Morgan fingerprint density at radius 2 is 1.96 bits per heavy atom. The first-order valence-electron chi connectivity index (χ1n) is 7.37. The normalized spacial score (nSPS) is 10.6. The lowest BCUT2D eigenvalue weighted by atomic mass is 10.2. The van der Waals surface area contributed by atoms with Gasteiger partial charge in [-0.3, -0.25) is 4.79 Å². The number of anilines is 1. The monoisotopic (exact) mass is 328 g/mol. The molecule has 0 aliphatic rings. The summed E-state index contributed by atoms with van der Waals surface area (Å²) in [6, 6.07) is 11.9. The van der Waals surface area contributed by atoms with Crippen LogP contribution < -0.4 is 5.32 Å². The van der Waals surface area contributed by atoms with E-state index in [4.69, 9.17) is 4.42 Å². The molecular formula is C18H14F2N2O2. The summed E-state index contributed by atoms with van der Waals surface area (Å²) in [7, 11) is 0. The number of nitrogens with one attached hydrogen (secondary N) is 1. The zero-order valence-corrected chi connectivity index (χ0v) is 12.6. The van der Waals surface area contributed by atoms with Gasteiger partial charge in [0.05, 0.1) is 11.8 Å². The van der Waals surface area contributed by atoms with Crippen LogP contribution in [0.15, 0.2) is 59.1 Å². The highest BCUT2D eigenvalue weighted by atomic mass is 19.1. The molecule has 1 N–H and O–H groups in total. The van der Waals surface area contributed by atoms with Gasteiger partial charge in [-0.2, -0.15) is 0 Å². The molecule has 0 unspecified atom stereocenters. The van der Waals surface area contributed by atoms with Crippen molar-refractivity contribution < 1.29 is 18.0 Å². The number of rotatable bonds is 5. The first-order valence-corrected chi connectivity index (χ1v) is 7.37. The van der Waals surface area contributed by atoms with E-state index in [1.807, 2.05) is 0 Å². The number of carbonyl (C=O) groups excluding carboxylic acids is 1. The predicted octanol–water partition coefficient (Wildman–Crippen LogP) is 4.19. The number of halogens is 2. The van der Waals surface area contributed by atoms with Crippen LogP contribution in [-0.4, -0.2) is 10.9 Å². The van der Waals surface area contributed by atoms with Gasteiger partial charge in [-0.25, -0.2) is 13.8 Å². The Morgan fingerprint density at radius 1 is 1.12 bits per heavy atom. The summed E-state index contributed by atoms with van der Waals surface area (Å²) in [5, 5.41) is 2.59. The molecule has 1 heterocycles. The second kappa shape index (κ2) is 7.04. The van der Waals surface area contributed by atoms with Crippen LogP contribution in [0.2, 0.25) is 0 Å². The molecule has 0 radical (unpaired) electrons. The first kappa shape index (κ1) is 15.9. The molecule has 6 heteroatoms. The lowest BCUT2D eigenvalue weighted by Crippen LogP contribution is -2.12. The van der Waals surface area contributed by atoms with Gasteiger partial charge in [-0.15, -0.1) is 0 Å². The van der Waals surface area contributed by atoms with E-state index in [-0.39, 0.29) is 18.7 Å². The maximum atomic E-state index is 13.7. The number of oxazole rings is 1. The quantitative estimate of drug-likeness (QED) is 0.764. The third-order valence-electron chi connectivity index (χ3n) is 3.37. The highest BCUT2D eigenvalue weighted by molar-refractivity contribution is 5.90. The lowest BCUT2D eigenvalue weighted by Gasteiger charge is -2.04. The van der Waals surface area contributed by atoms with Crippen LogP contribution in [0.25, 0.3) is 11.3 Å². The summed E-state index contributed by atoms with van der Waals surface area (Å²) in [4.78, 5) is 15.9. The molecule has 0 aliphatic heterocycles. The molecule has 3 rings (SSSR count). The van der Waals surface area contributed by atoms with Crippen LogP contribution in [0, 0.1) is 11.6 Å². The average Bonchev–Trinajstić information content (AvgIpc) is 3.02. The molecule has 122 valence electrons. The zero-order chi connectivity index (χ0) is 16.9.